The fourth-order valence-electron chi connectivity index (χ4n) is 3.11. The maximum absolute atomic E-state index is 12.8. The van der Waals surface area contributed by atoms with Gasteiger partial charge in [0.25, 0.3) is 0 Å². The van der Waals surface area contributed by atoms with Crippen LogP contribution in [0.3, 0.4) is 0 Å². The van der Waals surface area contributed by atoms with Crippen LogP contribution in [-0.4, -0.2) is 32.9 Å². The first-order valence-corrected chi connectivity index (χ1v) is 9.10. The zero-order valence-electron chi connectivity index (χ0n) is 13.2. The molecule has 1 aromatic rings. The van der Waals surface area contributed by atoms with Crippen LogP contribution in [-0.2, 0) is 16.6 Å². The van der Waals surface area contributed by atoms with Gasteiger partial charge in [0.2, 0.25) is 10.0 Å². The van der Waals surface area contributed by atoms with Crippen LogP contribution < -0.4 is 5.32 Å². The molecule has 2 unspecified atom stereocenters. The summed E-state index contributed by atoms with van der Waals surface area (Å²) in [6, 6.07) is 7.35. The molecule has 1 fully saturated rings. The molecule has 0 amide bonds. The third-order valence-electron chi connectivity index (χ3n) is 4.38. The first-order valence-electron chi connectivity index (χ1n) is 7.66. The molecule has 0 heterocycles. The molecule has 1 aliphatic rings. The summed E-state index contributed by atoms with van der Waals surface area (Å²) in [4.78, 5) is 0.399. The van der Waals surface area contributed by atoms with E-state index in [9.17, 15) is 8.42 Å². The Kier molecular flexibility index (Phi) is 5.41. The molecule has 5 heteroatoms. The first kappa shape index (κ1) is 16.5. The molecule has 1 aliphatic carbocycles. The van der Waals surface area contributed by atoms with Crippen molar-refractivity contribution < 1.29 is 8.42 Å². The van der Waals surface area contributed by atoms with Gasteiger partial charge in [-0.3, -0.25) is 0 Å². The zero-order chi connectivity index (χ0) is 15.5. The molecule has 0 radical (unpaired) electrons. The van der Waals surface area contributed by atoms with Gasteiger partial charge in [-0.2, -0.15) is 4.31 Å². The summed E-state index contributed by atoms with van der Waals surface area (Å²) in [6.07, 6.45) is 4.26. The van der Waals surface area contributed by atoms with Gasteiger partial charge in [0.1, 0.15) is 0 Å². The van der Waals surface area contributed by atoms with E-state index in [0.717, 1.165) is 24.8 Å². The predicted octanol–water partition coefficient (Wildman–Crippen LogP) is 2.61. The Balaban J connectivity index is 2.22. The van der Waals surface area contributed by atoms with Crippen molar-refractivity contribution >= 4 is 10.0 Å². The highest BCUT2D eigenvalue weighted by Crippen LogP contribution is 2.29. The van der Waals surface area contributed by atoms with E-state index in [2.05, 4.69) is 12.2 Å². The summed E-state index contributed by atoms with van der Waals surface area (Å²) in [5, 5.41) is 3.05. The Morgan fingerprint density at radius 2 is 2.10 bits per heavy atom. The minimum atomic E-state index is -3.40. The van der Waals surface area contributed by atoms with Crippen molar-refractivity contribution in [3.05, 3.63) is 29.8 Å². The SMILES string of the molecule is CNCc1cccc(S(=O)(=O)N(C)C2CCCC(C)C2)c1. The molecule has 4 nitrogen and oxygen atoms in total. The van der Waals surface area contributed by atoms with Crippen LogP contribution in [0.5, 0.6) is 0 Å². The second kappa shape index (κ2) is 6.90. The summed E-state index contributed by atoms with van der Waals surface area (Å²) in [6.45, 7) is 2.88. The monoisotopic (exact) mass is 310 g/mol. The second-order valence-corrected chi connectivity index (χ2v) is 8.12. The minimum Gasteiger partial charge on any atom is -0.316 e. The molecule has 0 aromatic heterocycles. The lowest BCUT2D eigenvalue weighted by atomic mass is 9.87. The maximum Gasteiger partial charge on any atom is 0.243 e. The van der Waals surface area contributed by atoms with E-state index in [0.29, 0.717) is 17.4 Å². The summed E-state index contributed by atoms with van der Waals surface area (Å²) in [5.41, 5.74) is 0.990. The van der Waals surface area contributed by atoms with Gasteiger partial charge in [0.15, 0.2) is 0 Å². The van der Waals surface area contributed by atoms with Gasteiger partial charge in [-0.15, -0.1) is 0 Å². The van der Waals surface area contributed by atoms with Crippen LogP contribution in [0, 0.1) is 5.92 Å². The highest BCUT2D eigenvalue weighted by molar-refractivity contribution is 7.89. The zero-order valence-corrected chi connectivity index (χ0v) is 14.0. The predicted molar refractivity (Wildman–Crippen MR) is 85.6 cm³/mol. The number of benzene rings is 1. The fourth-order valence-corrected chi connectivity index (χ4v) is 4.58. The van der Waals surface area contributed by atoms with Gasteiger partial charge in [-0.05, 0) is 43.5 Å². The number of hydrogen-bond donors (Lipinski definition) is 1. The molecule has 0 bridgehead atoms. The van der Waals surface area contributed by atoms with Gasteiger partial charge in [0, 0.05) is 19.6 Å². The van der Waals surface area contributed by atoms with Crippen molar-refractivity contribution in [1.29, 1.82) is 0 Å². The Bertz CT molecular complexity index is 571. The van der Waals surface area contributed by atoms with E-state index >= 15 is 0 Å². The summed E-state index contributed by atoms with van der Waals surface area (Å²) >= 11 is 0. The normalized spacial score (nSPS) is 23.4. The second-order valence-electron chi connectivity index (χ2n) is 6.12. The van der Waals surface area contributed by atoms with Gasteiger partial charge in [-0.1, -0.05) is 31.9 Å². The Morgan fingerprint density at radius 3 is 2.76 bits per heavy atom. The van der Waals surface area contributed by atoms with Crippen LogP contribution in [0.15, 0.2) is 29.2 Å². The van der Waals surface area contributed by atoms with E-state index in [4.69, 9.17) is 0 Å². The van der Waals surface area contributed by atoms with Crippen molar-refractivity contribution in [2.45, 2.75) is 50.1 Å². The molecule has 1 aromatic carbocycles. The van der Waals surface area contributed by atoms with Gasteiger partial charge >= 0.3 is 0 Å². The molecule has 1 saturated carbocycles. The smallest absolute Gasteiger partial charge is 0.243 e. The fraction of sp³-hybridized carbons (Fsp3) is 0.625. The van der Waals surface area contributed by atoms with Crippen LogP contribution >= 0.6 is 0 Å². The van der Waals surface area contributed by atoms with Crippen LogP contribution in [0.25, 0.3) is 0 Å². The molecular formula is C16H26N2O2S. The molecule has 2 atom stereocenters. The Morgan fingerprint density at radius 1 is 1.33 bits per heavy atom. The number of rotatable bonds is 5. The van der Waals surface area contributed by atoms with E-state index in [1.807, 2.05) is 19.2 Å². The molecule has 1 N–H and O–H groups in total. The number of sulfonamides is 1. The Hall–Kier alpha value is -0.910. The quantitative estimate of drug-likeness (QED) is 0.909. The average molecular weight is 310 g/mol. The largest absolute Gasteiger partial charge is 0.316 e. The third kappa shape index (κ3) is 3.84. The number of hydrogen-bond acceptors (Lipinski definition) is 3. The Labute approximate surface area is 128 Å². The summed E-state index contributed by atoms with van der Waals surface area (Å²) in [5.74, 6) is 0.608. The molecular weight excluding hydrogens is 284 g/mol. The molecule has 2 rings (SSSR count). The van der Waals surface area contributed by atoms with Gasteiger partial charge in [0.05, 0.1) is 4.90 Å². The minimum absolute atomic E-state index is 0.131. The molecule has 0 saturated heterocycles. The number of nitrogens with one attached hydrogen (secondary N) is 1. The highest BCUT2D eigenvalue weighted by atomic mass is 32.2. The molecule has 21 heavy (non-hydrogen) atoms. The van der Waals surface area contributed by atoms with Crippen LogP contribution in [0.4, 0.5) is 0 Å². The van der Waals surface area contributed by atoms with Crippen molar-refractivity contribution in [1.82, 2.24) is 9.62 Å². The molecule has 118 valence electrons. The highest BCUT2D eigenvalue weighted by Gasteiger charge is 2.30. The van der Waals surface area contributed by atoms with E-state index in [1.54, 1.807) is 23.5 Å². The number of nitrogens with zero attached hydrogens (tertiary/aromatic N) is 1. The summed E-state index contributed by atoms with van der Waals surface area (Å²) in [7, 11) is 0.186. The lowest BCUT2D eigenvalue weighted by molar-refractivity contribution is 0.239. The van der Waals surface area contributed by atoms with Crippen LogP contribution in [0.2, 0.25) is 0 Å². The van der Waals surface area contributed by atoms with E-state index < -0.39 is 10.0 Å². The average Bonchev–Trinajstić information content (AvgIpc) is 2.47. The van der Waals surface area contributed by atoms with E-state index in [1.165, 1.54) is 6.42 Å². The first-order chi connectivity index (χ1) is 9.95. The van der Waals surface area contributed by atoms with Crippen molar-refractivity contribution in [3.8, 4) is 0 Å². The molecule has 0 aliphatic heterocycles. The maximum atomic E-state index is 12.8. The van der Waals surface area contributed by atoms with Crippen LogP contribution in [0.1, 0.15) is 38.2 Å². The lowest BCUT2D eigenvalue weighted by Gasteiger charge is -2.33. The standard InChI is InChI=1S/C16H26N2O2S/c1-13-6-4-8-15(10-13)18(3)21(19,20)16-9-5-7-14(11-16)12-17-2/h5,7,9,11,13,15,17H,4,6,8,10,12H2,1-3H3. The van der Waals surface area contributed by atoms with Gasteiger partial charge in [-0.25, -0.2) is 8.42 Å². The van der Waals surface area contributed by atoms with E-state index in [-0.39, 0.29) is 6.04 Å². The third-order valence-corrected chi connectivity index (χ3v) is 6.29. The summed E-state index contributed by atoms with van der Waals surface area (Å²) < 4.78 is 27.2. The molecule has 0 spiro atoms. The topological polar surface area (TPSA) is 49.4 Å². The van der Waals surface area contributed by atoms with Crippen molar-refractivity contribution in [2.24, 2.45) is 5.92 Å². The van der Waals surface area contributed by atoms with Gasteiger partial charge < -0.3 is 5.32 Å². The lowest BCUT2D eigenvalue weighted by Crippen LogP contribution is -2.39. The van der Waals surface area contributed by atoms with Crippen molar-refractivity contribution in [3.63, 3.8) is 0 Å². The van der Waals surface area contributed by atoms with Crippen molar-refractivity contribution in [2.75, 3.05) is 14.1 Å².